The number of fused-ring (bicyclic) bond motifs is 1. The van der Waals surface area contributed by atoms with Gasteiger partial charge in [0.2, 0.25) is 0 Å². The van der Waals surface area contributed by atoms with Gasteiger partial charge in [-0.2, -0.15) is 0 Å². The fourth-order valence-electron chi connectivity index (χ4n) is 4.06. The van der Waals surface area contributed by atoms with Gasteiger partial charge in [0.15, 0.2) is 0 Å². The van der Waals surface area contributed by atoms with Crippen molar-refractivity contribution in [1.29, 1.82) is 0 Å². The molecule has 15 heavy (non-hydrogen) atoms. The first-order valence-electron chi connectivity index (χ1n) is 6.40. The third-order valence-electron chi connectivity index (χ3n) is 4.91. The third-order valence-corrected chi connectivity index (χ3v) is 4.91. The molecule has 5 unspecified atom stereocenters. The van der Waals surface area contributed by atoms with Crippen molar-refractivity contribution in [3.63, 3.8) is 0 Å². The van der Waals surface area contributed by atoms with Crippen LogP contribution < -0.4 is 0 Å². The van der Waals surface area contributed by atoms with Crippen LogP contribution >= 0.6 is 0 Å². The summed E-state index contributed by atoms with van der Waals surface area (Å²) < 4.78 is 0. The van der Waals surface area contributed by atoms with Gasteiger partial charge in [0.1, 0.15) is 0 Å². The summed E-state index contributed by atoms with van der Waals surface area (Å²) in [5.41, 5.74) is 0.300. The molecule has 88 valence electrons. The summed E-state index contributed by atoms with van der Waals surface area (Å²) >= 11 is 0. The van der Waals surface area contributed by atoms with Crippen LogP contribution in [0.25, 0.3) is 0 Å². The monoisotopic (exact) mass is 212 g/mol. The van der Waals surface area contributed by atoms with Crippen molar-refractivity contribution in [1.82, 2.24) is 0 Å². The van der Waals surface area contributed by atoms with Gasteiger partial charge >= 0.3 is 0 Å². The van der Waals surface area contributed by atoms with Crippen molar-refractivity contribution in [3.8, 4) is 0 Å². The molecule has 2 fully saturated rings. The number of hydrogen-bond acceptors (Lipinski definition) is 2. The van der Waals surface area contributed by atoms with E-state index < -0.39 is 0 Å². The Morgan fingerprint density at radius 2 is 2.07 bits per heavy atom. The van der Waals surface area contributed by atoms with E-state index in [-0.39, 0.29) is 12.2 Å². The minimum absolute atomic E-state index is 0.0808. The lowest BCUT2D eigenvalue weighted by Crippen LogP contribution is -2.40. The highest BCUT2D eigenvalue weighted by atomic mass is 16.3. The molecule has 0 spiro atoms. The van der Waals surface area contributed by atoms with Gasteiger partial charge in [0, 0.05) is 0 Å². The Kier molecular flexibility index (Phi) is 3.09. The molecular formula is C13H24O2. The maximum Gasteiger partial charge on any atom is 0.0573 e. The second kappa shape index (κ2) is 4.06. The summed E-state index contributed by atoms with van der Waals surface area (Å²) in [7, 11) is 0. The lowest BCUT2D eigenvalue weighted by molar-refractivity contribution is -0.0250. The highest BCUT2D eigenvalue weighted by Gasteiger charge is 2.50. The summed E-state index contributed by atoms with van der Waals surface area (Å²) in [5, 5.41) is 19.6. The maximum absolute atomic E-state index is 10.0. The molecule has 0 amide bonds. The smallest absolute Gasteiger partial charge is 0.0573 e. The van der Waals surface area contributed by atoms with Gasteiger partial charge in [-0.05, 0) is 56.3 Å². The lowest BCUT2D eigenvalue weighted by Gasteiger charge is -2.43. The van der Waals surface area contributed by atoms with Crippen molar-refractivity contribution in [3.05, 3.63) is 0 Å². The first-order valence-corrected chi connectivity index (χ1v) is 6.40. The van der Waals surface area contributed by atoms with E-state index in [0.29, 0.717) is 17.3 Å². The van der Waals surface area contributed by atoms with E-state index in [0.717, 1.165) is 25.7 Å². The predicted molar refractivity (Wildman–Crippen MR) is 60.5 cm³/mol. The molecule has 0 aromatic rings. The standard InChI is InChI=1S/C13H24O2/c1-9(14)8-10-5-6-11-12(15)4-3-7-13(10,11)2/h9-12,14-15H,3-8H2,1-2H3. The summed E-state index contributed by atoms with van der Waals surface area (Å²) in [6.07, 6.45) is 6.39. The minimum Gasteiger partial charge on any atom is -0.393 e. The summed E-state index contributed by atoms with van der Waals surface area (Å²) in [6.45, 7) is 4.22. The lowest BCUT2D eigenvalue weighted by atomic mass is 9.63. The van der Waals surface area contributed by atoms with Crippen molar-refractivity contribution >= 4 is 0 Å². The fraction of sp³-hybridized carbons (Fsp3) is 1.00. The van der Waals surface area contributed by atoms with Crippen LogP contribution in [0.3, 0.4) is 0 Å². The zero-order valence-electron chi connectivity index (χ0n) is 9.95. The Balaban J connectivity index is 2.10. The van der Waals surface area contributed by atoms with Crippen LogP contribution in [0.15, 0.2) is 0 Å². The largest absolute Gasteiger partial charge is 0.393 e. The Hall–Kier alpha value is -0.0800. The van der Waals surface area contributed by atoms with Gasteiger partial charge < -0.3 is 10.2 Å². The second-order valence-corrected chi connectivity index (χ2v) is 5.93. The molecule has 2 aliphatic carbocycles. The van der Waals surface area contributed by atoms with E-state index in [4.69, 9.17) is 0 Å². The van der Waals surface area contributed by atoms with Crippen LogP contribution in [0.4, 0.5) is 0 Å². The van der Waals surface area contributed by atoms with Crippen LogP contribution in [-0.4, -0.2) is 22.4 Å². The zero-order valence-corrected chi connectivity index (χ0v) is 9.95. The number of rotatable bonds is 2. The molecule has 0 radical (unpaired) electrons. The number of aliphatic hydroxyl groups excluding tert-OH is 2. The Morgan fingerprint density at radius 3 is 2.73 bits per heavy atom. The molecule has 0 bridgehead atoms. The van der Waals surface area contributed by atoms with Crippen molar-refractivity contribution in [2.75, 3.05) is 0 Å². The third kappa shape index (κ3) is 1.94. The Morgan fingerprint density at radius 1 is 1.33 bits per heavy atom. The molecule has 0 saturated heterocycles. The van der Waals surface area contributed by atoms with E-state index in [1.54, 1.807) is 0 Å². The molecule has 2 rings (SSSR count). The molecule has 0 heterocycles. The van der Waals surface area contributed by atoms with Crippen molar-refractivity contribution < 1.29 is 10.2 Å². The molecule has 2 nitrogen and oxygen atoms in total. The van der Waals surface area contributed by atoms with Crippen LogP contribution in [-0.2, 0) is 0 Å². The van der Waals surface area contributed by atoms with Crippen LogP contribution in [0.2, 0.25) is 0 Å². The normalized spacial score (nSPS) is 47.6. The fourth-order valence-corrected chi connectivity index (χ4v) is 4.06. The maximum atomic E-state index is 10.0. The highest BCUT2D eigenvalue weighted by molar-refractivity contribution is 5.00. The van der Waals surface area contributed by atoms with E-state index in [1.807, 2.05) is 6.92 Å². The molecular weight excluding hydrogens is 188 g/mol. The van der Waals surface area contributed by atoms with E-state index in [2.05, 4.69) is 6.92 Å². The topological polar surface area (TPSA) is 40.5 Å². The van der Waals surface area contributed by atoms with Gasteiger partial charge in [-0.25, -0.2) is 0 Å². The number of aliphatic hydroxyl groups is 2. The molecule has 0 aromatic carbocycles. The average molecular weight is 212 g/mol. The predicted octanol–water partition coefficient (Wildman–Crippen LogP) is 2.33. The van der Waals surface area contributed by atoms with Crippen molar-refractivity contribution in [2.24, 2.45) is 17.3 Å². The SMILES string of the molecule is CC(O)CC1CCC2C(O)CCCC12C. The van der Waals surface area contributed by atoms with E-state index in [1.165, 1.54) is 12.8 Å². The average Bonchev–Trinajstić information content (AvgIpc) is 2.44. The molecule has 5 atom stereocenters. The van der Waals surface area contributed by atoms with Crippen LogP contribution in [0.1, 0.15) is 52.4 Å². The molecule has 2 heteroatoms. The highest BCUT2D eigenvalue weighted by Crippen LogP contribution is 2.56. The molecule has 2 N–H and O–H groups in total. The second-order valence-electron chi connectivity index (χ2n) is 5.93. The van der Waals surface area contributed by atoms with Gasteiger partial charge in [0.05, 0.1) is 12.2 Å². The van der Waals surface area contributed by atoms with Gasteiger partial charge in [-0.3, -0.25) is 0 Å². The number of hydrogen-bond donors (Lipinski definition) is 2. The summed E-state index contributed by atoms with van der Waals surface area (Å²) in [4.78, 5) is 0. The summed E-state index contributed by atoms with van der Waals surface area (Å²) in [5.74, 6) is 1.12. The quantitative estimate of drug-likeness (QED) is 0.737. The molecule has 0 aromatic heterocycles. The van der Waals surface area contributed by atoms with Crippen LogP contribution in [0, 0.1) is 17.3 Å². The van der Waals surface area contributed by atoms with Crippen LogP contribution in [0.5, 0.6) is 0 Å². The first kappa shape index (κ1) is 11.4. The van der Waals surface area contributed by atoms with Crippen molar-refractivity contribution in [2.45, 2.75) is 64.6 Å². The first-order chi connectivity index (χ1) is 7.04. The Labute approximate surface area is 92.7 Å². The van der Waals surface area contributed by atoms with Gasteiger partial charge in [0.25, 0.3) is 0 Å². The molecule has 2 saturated carbocycles. The minimum atomic E-state index is -0.190. The molecule has 2 aliphatic rings. The molecule has 0 aliphatic heterocycles. The Bertz CT molecular complexity index is 227. The summed E-state index contributed by atoms with van der Waals surface area (Å²) in [6, 6.07) is 0. The van der Waals surface area contributed by atoms with Gasteiger partial charge in [-0.1, -0.05) is 13.3 Å². The van der Waals surface area contributed by atoms with Gasteiger partial charge in [-0.15, -0.1) is 0 Å². The van der Waals surface area contributed by atoms with E-state index in [9.17, 15) is 10.2 Å². The van der Waals surface area contributed by atoms with E-state index >= 15 is 0 Å². The zero-order chi connectivity index (χ0) is 11.1.